The van der Waals surface area contributed by atoms with E-state index in [1.165, 1.54) is 20.8 Å². The average Bonchev–Trinajstić information content (AvgIpc) is 2.11. The van der Waals surface area contributed by atoms with Crippen LogP contribution in [-0.4, -0.2) is 16.6 Å². The van der Waals surface area contributed by atoms with Gasteiger partial charge in [-0.25, -0.2) is 4.98 Å². The fraction of sp³-hybridized carbons (Fsp3) is 0.500. The number of carbonyl (C=O) groups excluding carboxylic acids is 1. The number of nitrogens with zero attached hydrogens (tertiary/aromatic N) is 1. The molecule has 0 aliphatic rings. The molecule has 1 aromatic rings. The molecule has 0 fully saturated rings. The highest BCUT2D eigenvalue weighted by Crippen LogP contribution is 2.33. The molecule has 0 N–H and O–H groups in total. The summed E-state index contributed by atoms with van der Waals surface area (Å²) < 4.78 is 43.4. The zero-order chi connectivity index (χ0) is 14.8. The van der Waals surface area contributed by atoms with E-state index >= 15 is 0 Å². The van der Waals surface area contributed by atoms with Gasteiger partial charge in [0.05, 0.1) is 11.3 Å². The number of carbonyl (C=O) groups is 1. The highest BCUT2D eigenvalue weighted by molar-refractivity contribution is 6.29. The Labute approximate surface area is 113 Å². The van der Waals surface area contributed by atoms with Crippen molar-refractivity contribution in [3.63, 3.8) is 0 Å². The van der Waals surface area contributed by atoms with Crippen LogP contribution in [0.25, 0.3) is 0 Å². The normalized spacial score (nSPS) is 12.4. The van der Waals surface area contributed by atoms with Gasteiger partial charge in [-0.3, -0.25) is 4.79 Å². The van der Waals surface area contributed by atoms with Crippen molar-refractivity contribution in [2.24, 2.45) is 0 Å². The molecule has 0 saturated heterocycles. The molecule has 1 aromatic heterocycles. The lowest BCUT2D eigenvalue weighted by Crippen LogP contribution is -2.31. The van der Waals surface area contributed by atoms with Gasteiger partial charge >= 0.3 is 12.1 Å². The summed E-state index contributed by atoms with van der Waals surface area (Å²) in [5, 5.41) is -0.0402. The molecule has 0 aliphatic heterocycles. The fourth-order valence-electron chi connectivity index (χ4n) is 1.70. The number of hydrogen-bond acceptors (Lipinski definition) is 3. The lowest BCUT2D eigenvalue weighted by molar-refractivity contribution is -0.153. The second-order valence-electron chi connectivity index (χ2n) is 4.66. The summed E-state index contributed by atoms with van der Waals surface area (Å²) in [5.74, 6) is -0.569. The van der Waals surface area contributed by atoms with Crippen LogP contribution in [0.5, 0.6) is 0 Å². The zero-order valence-corrected chi connectivity index (χ0v) is 11.4. The number of pyridine rings is 1. The van der Waals surface area contributed by atoms with E-state index in [2.05, 4.69) is 4.98 Å². The second kappa shape index (κ2) is 5.36. The largest absolute Gasteiger partial charge is 0.459 e. The maximum atomic E-state index is 12.8. The van der Waals surface area contributed by atoms with Crippen LogP contribution in [-0.2, 0) is 22.1 Å². The summed E-state index contributed by atoms with van der Waals surface area (Å²) in [4.78, 5) is 14.6. The van der Waals surface area contributed by atoms with Crippen molar-refractivity contribution in [1.29, 1.82) is 0 Å². The Morgan fingerprint density at radius 2 is 1.95 bits per heavy atom. The van der Waals surface area contributed by atoms with Crippen molar-refractivity contribution in [3.05, 3.63) is 28.5 Å². The van der Waals surface area contributed by atoms with Crippen molar-refractivity contribution in [2.75, 3.05) is 0 Å². The van der Waals surface area contributed by atoms with E-state index in [-0.39, 0.29) is 17.3 Å². The van der Waals surface area contributed by atoms with Crippen LogP contribution in [0.15, 0.2) is 12.1 Å². The van der Waals surface area contributed by atoms with Crippen LogP contribution >= 0.6 is 11.6 Å². The summed E-state index contributed by atoms with van der Waals surface area (Å²) in [6.45, 7) is 4.21. The first-order valence-electron chi connectivity index (χ1n) is 5.43. The minimum Gasteiger partial charge on any atom is -0.459 e. The van der Waals surface area contributed by atoms with Gasteiger partial charge in [0, 0.05) is 13.3 Å². The number of rotatable bonds is 3. The molecular weight excluding hydrogens is 283 g/mol. The molecule has 7 heteroatoms. The van der Waals surface area contributed by atoms with Crippen LogP contribution in [0, 0.1) is 0 Å². The third kappa shape index (κ3) is 4.70. The Kier molecular flexibility index (Phi) is 4.45. The Balaban J connectivity index is 3.12. The van der Waals surface area contributed by atoms with Crippen LogP contribution in [0.1, 0.15) is 32.0 Å². The van der Waals surface area contributed by atoms with Crippen LogP contribution in [0.4, 0.5) is 13.2 Å². The summed E-state index contributed by atoms with van der Waals surface area (Å²) in [5.41, 5.74) is -2.22. The number of aromatic nitrogens is 1. The predicted molar refractivity (Wildman–Crippen MR) is 63.8 cm³/mol. The molecule has 0 bridgehead atoms. The van der Waals surface area contributed by atoms with Crippen LogP contribution in [0.3, 0.4) is 0 Å². The number of hydrogen-bond donors (Lipinski definition) is 0. The minimum absolute atomic E-state index is 0.0402. The average molecular weight is 296 g/mol. The van der Waals surface area contributed by atoms with Gasteiger partial charge in [0.15, 0.2) is 0 Å². The van der Waals surface area contributed by atoms with E-state index in [0.29, 0.717) is 0 Å². The van der Waals surface area contributed by atoms with Crippen LogP contribution in [0.2, 0.25) is 5.15 Å². The maximum Gasteiger partial charge on any atom is 0.418 e. The minimum atomic E-state index is -4.53. The molecule has 19 heavy (non-hydrogen) atoms. The molecule has 106 valence electrons. The van der Waals surface area contributed by atoms with Gasteiger partial charge < -0.3 is 4.74 Å². The van der Waals surface area contributed by atoms with Crippen LogP contribution < -0.4 is 0 Å². The molecule has 0 aromatic carbocycles. The standard InChI is InChI=1S/C12H13ClF3NO2/c1-7(18)19-11(2,3)6-9-8(12(14,15)16)4-5-10(13)17-9/h4-5H,6H2,1-3H3. The van der Waals surface area contributed by atoms with E-state index in [1.807, 2.05) is 0 Å². The summed E-state index contributed by atoms with van der Waals surface area (Å²) in [7, 11) is 0. The highest BCUT2D eigenvalue weighted by atomic mass is 35.5. The number of alkyl halides is 3. The van der Waals surface area contributed by atoms with Gasteiger partial charge in [0.2, 0.25) is 0 Å². The summed E-state index contributed by atoms with van der Waals surface area (Å²) in [6.07, 6.45) is -4.71. The van der Waals surface area contributed by atoms with Gasteiger partial charge in [0.25, 0.3) is 0 Å². The molecule has 3 nitrogen and oxygen atoms in total. The fourth-order valence-corrected chi connectivity index (χ4v) is 1.86. The monoisotopic (exact) mass is 295 g/mol. The molecule has 0 atom stereocenters. The molecular formula is C12H13ClF3NO2. The first kappa shape index (κ1) is 15.8. The number of esters is 1. The van der Waals surface area contributed by atoms with Crippen molar-refractivity contribution in [1.82, 2.24) is 4.98 Å². The molecule has 0 amide bonds. The first-order valence-corrected chi connectivity index (χ1v) is 5.81. The van der Waals surface area contributed by atoms with Crippen molar-refractivity contribution < 1.29 is 22.7 Å². The second-order valence-corrected chi connectivity index (χ2v) is 5.04. The molecule has 0 unspecified atom stereocenters. The van der Waals surface area contributed by atoms with Crippen molar-refractivity contribution >= 4 is 17.6 Å². The first-order chi connectivity index (χ1) is 8.51. The van der Waals surface area contributed by atoms with E-state index in [1.54, 1.807) is 0 Å². The highest BCUT2D eigenvalue weighted by Gasteiger charge is 2.36. The number of ether oxygens (including phenoxy) is 1. The van der Waals surface area contributed by atoms with Gasteiger partial charge in [-0.2, -0.15) is 13.2 Å². The smallest absolute Gasteiger partial charge is 0.418 e. The molecule has 1 heterocycles. The van der Waals surface area contributed by atoms with E-state index in [0.717, 1.165) is 12.1 Å². The predicted octanol–water partition coefficient (Wildman–Crippen LogP) is 3.64. The lowest BCUT2D eigenvalue weighted by atomic mass is 9.98. The van der Waals surface area contributed by atoms with Gasteiger partial charge in [0.1, 0.15) is 10.8 Å². The molecule has 0 saturated carbocycles. The molecule has 0 spiro atoms. The van der Waals surface area contributed by atoms with Gasteiger partial charge in [-0.15, -0.1) is 0 Å². The SMILES string of the molecule is CC(=O)OC(C)(C)Cc1nc(Cl)ccc1C(F)(F)F. The van der Waals surface area contributed by atoms with E-state index < -0.39 is 23.3 Å². The van der Waals surface area contributed by atoms with Crippen molar-refractivity contribution in [3.8, 4) is 0 Å². The molecule has 1 rings (SSSR count). The third-order valence-electron chi connectivity index (χ3n) is 2.26. The maximum absolute atomic E-state index is 12.8. The zero-order valence-electron chi connectivity index (χ0n) is 10.6. The van der Waals surface area contributed by atoms with E-state index in [9.17, 15) is 18.0 Å². The topological polar surface area (TPSA) is 39.2 Å². The lowest BCUT2D eigenvalue weighted by Gasteiger charge is -2.25. The Bertz CT molecular complexity index is 486. The van der Waals surface area contributed by atoms with Gasteiger partial charge in [-0.1, -0.05) is 11.6 Å². The summed E-state index contributed by atoms with van der Waals surface area (Å²) >= 11 is 5.62. The third-order valence-corrected chi connectivity index (χ3v) is 2.47. The quantitative estimate of drug-likeness (QED) is 0.631. The molecule has 0 aliphatic carbocycles. The Morgan fingerprint density at radius 3 is 2.42 bits per heavy atom. The van der Waals surface area contributed by atoms with E-state index in [4.69, 9.17) is 16.3 Å². The van der Waals surface area contributed by atoms with Gasteiger partial charge in [-0.05, 0) is 26.0 Å². The Morgan fingerprint density at radius 1 is 1.37 bits per heavy atom. The van der Waals surface area contributed by atoms with Crippen molar-refractivity contribution in [2.45, 2.75) is 39.0 Å². The summed E-state index contributed by atoms with van der Waals surface area (Å²) in [6, 6.07) is 1.95. The number of halogens is 4. The Hall–Kier alpha value is -1.30. The molecule has 0 radical (unpaired) electrons.